The molecule has 6 nitrogen and oxygen atoms in total. The van der Waals surface area contributed by atoms with Gasteiger partial charge >= 0.3 is 0 Å². The molecule has 6 heteroatoms. The fourth-order valence-corrected chi connectivity index (χ4v) is 4.91. The molecule has 0 spiro atoms. The molecule has 0 N–H and O–H groups in total. The SMILES string of the molecule is Cc1cccc(C)c1OC1CCN(C(=O)C2CCN(C(=O)CCOc3ccccc3)CC2)CC1. The van der Waals surface area contributed by atoms with E-state index in [0.29, 0.717) is 26.1 Å². The van der Waals surface area contributed by atoms with Crippen LogP contribution in [-0.2, 0) is 9.59 Å². The molecular formula is C28H36N2O4. The van der Waals surface area contributed by atoms with Gasteiger partial charge in [0.15, 0.2) is 0 Å². The van der Waals surface area contributed by atoms with E-state index in [1.165, 1.54) is 0 Å². The number of hydrogen-bond donors (Lipinski definition) is 0. The number of piperidine rings is 2. The van der Waals surface area contributed by atoms with Gasteiger partial charge in [-0.05, 0) is 49.9 Å². The Hall–Kier alpha value is -3.02. The lowest BCUT2D eigenvalue weighted by Crippen LogP contribution is -2.48. The second-order valence-corrected chi connectivity index (χ2v) is 9.43. The maximum atomic E-state index is 13.1. The molecule has 2 heterocycles. The van der Waals surface area contributed by atoms with E-state index in [1.807, 2.05) is 40.1 Å². The van der Waals surface area contributed by atoms with Crippen LogP contribution in [-0.4, -0.2) is 60.5 Å². The van der Waals surface area contributed by atoms with Crippen LogP contribution in [0.25, 0.3) is 0 Å². The van der Waals surface area contributed by atoms with Gasteiger partial charge in [0.1, 0.15) is 17.6 Å². The molecule has 0 bridgehead atoms. The molecule has 2 amide bonds. The summed E-state index contributed by atoms with van der Waals surface area (Å²) in [5.74, 6) is 2.12. The minimum absolute atomic E-state index is 0.0145. The van der Waals surface area contributed by atoms with E-state index in [0.717, 1.165) is 61.4 Å². The predicted molar refractivity (Wildman–Crippen MR) is 132 cm³/mol. The molecule has 0 aliphatic carbocycles. The fourth-order valence-electron chi connectivity index (χ4n) is 4.91. The quantitative estimate of drug-likeness (QED) is 0.610. The summed E-state index contributed by atoms with van der Waals surface area (Å²) in [6, 6.07) is 15.8. The zero-order chi connectivity index (χ0) is 23.9. The number of carbonyl (C=O) groups excluding carboxylic acids is 2. The fraction of sp³-hybridized carbons (Fsp3) is 0.500. The Labute approximate surface area is 202 Å². The van der Waals surface area contributed by atoms with Crippen molar-refractivity contribution in [3.63, 3.8) is 0 Å². The lowest BCUT2D eigenvalue weighted by atomic mass is 9.94. The van der Waals surface area contributed by atoms with Crippen LogP contribution in [0.1, 0.15) is 43.2 Å². The molecule has 4 rings (SSSR count). The van der Waals surface area contributed by atoms with E-state index in [1.54, 1.807) is 0 Å². The molecule has 2 aliphatic heterocycles. The van der Waals surface area contributed by atoms with E-state index in [2.05, 4.69) is 32.0 Å². The van der Waals surface area contributed by atoms with Crippen LogP contribution in [0, 0.1) is 19.8 Å². The summed E-state index contributed by atoms with van der Waals surface area (Å²) in [5, 5.41) is 0. The topological polar surface area (TPSA) is 59.1 Å². The Balaban J connectivity index is 1.17. The van der Waals surface area contributed by atoms with Crippen molar-refractivity contribution in [2.75, 3.05) is 32.8 Å². The number of carbonyl (C=O) groups is 2. The van der Waals surface area contributed by atoms with Gasteiger partial charge < -0.3 is 19.3 Å². The van der Waals surface area contributed by atoms with Crippen molar-refractivity contribution in [3.05, 3.63) is 59.7 Å². The molecule has 182 valence electrons. The largest absolute Gasteiger partial charge is 0.493 e. The van der Waals surface area contributed by atoms with Crippen molar-refractivity contribution in [1.29, 1.82) is 0 Å². The summed E-state index contributed by atoms with van der Waals surface area (Å²) in [6.07, 6.45) is 3.71. The number of nitrogens with zero attached hydrogens (tertiary/aromatic N) is 2. The van der Waals surface area contributed by atoms with Gasteiger partial charge in [-0.3, -0.25) is 9.59 Å². The van der Waals surface area contributed by atoms with Crippen molar-refractivity contribution < 1.29 is 19.1 Å². The third-order valence-corrected chi connectivity index (χ3v) is 6.97. The number of hydrogen-bond acceptors (Lipinski definition) is 4. The maximum Gasteiger partial charge on any atom is 0.225 e. The minimum Gasteiger partial charge on any atom is -0.493 e. The summed E-state index contributed by atoms with van der Waals surface area (Å²) in [7, 11) is 0. The van der Waals surface area contributed by atoms with Crippen molar-refractivity contribution in [2.45, 2.75) is 52.1 Å². The number of likely N-dealkylation sites (tertiary alicyclic amines) is 2. The van der Waals surface area contributed by atoms with Gasteiger partial charge in [-0.25, -0.2) is 0 Å². The molecule has 0 radical (unpaired) electrons. The molecule has 34 heavy (non-hydrogen) atoms. The standard InChI is InChI=1S/C28H36N2O4/c1-21-7-6-8-22(2)27(21)34-25-13-18-30(19-14-25)28(32)23-11-16-29(17-12-23)26(31)15-20-33-24-9-4-3-5-10-24/h3-10,23,25H,11-20H2,1-2H3. The molecule has 2 aromatic carbocycles. The average molecular weight is 465 g/mol. The van der Waals surface area contributed by atoms with Crippen LogP contribution >= 0.6 is 0 Å². The monoisotopic (exact) mass is 464 g/mol. The van der Waals surface area contributed by atoms with Crippen LogP contribution in [0.5, 0.6) is 11.5 Å². The number of benzene rings is 2. The Morgan fingerprint density at radius 2 is 1.44 bits per heavy atom. The third kappa shape index (κ3) is 6.10. The predicted octanol–water partition coefficient (Wildman–Crippen LogP) is 4.38. The van der Waals surface area contributed by atoms with E-state index in [-0.39, 0.29) is 23.8 Å². The first-order valence-corrected chi connectivity index (χ1v) is 12.5. The summed E-state index contributed by atoms with van der Waals surface area (Å²) < 4.78 is 11.9. The lowest BCUT2D eigenvalue weighted by Gasteiger charge is -2.37. The van der Waals surface area contributed by atoms with Gasteiger partial charge in [-0.1, -0.05) is 36.4 Å². The van der Waals surface area contributed by atoms with Crippen LogP contribution in [0.4, 0.5) is 0 Å². The Morgan fingerprint density at radius 3 is 2.09 bits per heavy atom. The molecule has 2 aromatic rings. The molecular weight excluding hydrogens is 428 g/mol. The normalized spacial score (nSPS) is 17.5. The molecule has 2 aliphatic rings. The summed E-state index contributed by atoms with van der Waals surface area (Å²) in [6.45, 7) is 7.30. The highest BCUT2D eigenvalue weighted by atomic mass is 16.5. The third-order valence-electron chi connectivity index (χ3n) is 6.97. The molecule has 0 saturated carbocycles. The number of para-hydroxylation sites is 2. The van der Waals surface area contributed by atoms with E-state index >= 15 is 0 Å². The highest BCUT2D eigenvalue weighted by Crippen LogP contribution is 2.28. The van der Waals surface area contributed by atoms with Crippen molar-refractivity contribution in [1.82, 2.24) is 9.80 Å². The van der Waals surface area contributed by atoms with E-state index in [9.17, 15) is 9.59 Å². The van der Waals surface area contributed by atoms with Gasteiger partial charge in [0.05, 0.1) is 13.0 Å². The molecule has 2 saturated heterocycles. The number of aryl methyl sites for hydroxylation is 2. The van der Waals surface area contributed by atoms with Crippen LogP contribution in [0.2, 0.25) is 0 Å². The minimum atomic E-state index is 0.0145. The zero-order valence-electron chi connectivity index (χ0n) is 20.4. The second kappa shape index (κ2) is 11.4. The highest BCUT2D eigenvalue weighted by Gasteiger charge is 2.32. The van der Waals surface area contributed by atoms with Gasteiger partial charge in [0.25, 0.3) is 0 Å². The van der Waals surface area contributed by atoms with Gasteiger partial charge in [0.2, 0.25) is 11.8 Å². The zero-order valence-corrected chi connectivity index (χ0v) is 20.4. The molecule has 2 fully saturated rings. The first-order valence-electron chi connectivity index (χ1n) is 12.5. The van der Waals surface area contributed by atoms with Gasteiger partial charge in [-0.15, -0.1) is 0 Å². The Bertz CT molecular complexity index is 941. The summed E-state index contributed by atoms with van der Waals surface area (Å²) in [4.78, 5) is 29.5. The van der Waals surface area contributed by atoms with Crippen molar-refractivity contribution in [2.24, 2.45) is 5.92 Å². The Morgan fingerprint density at radius 1 is 0.824 bits per heavy atom. The smallest absolute Gasteiger partial charge is 0.225 e. The summed E-state index contributed by atoms with van der Waals surface area (Å²) >= 11 is 0. The van der Waals surface area contributed by atoms with E-state index < -0.39 is 0 Å². The number of ether oxygens (including phenoxy) is 2. The first-order chi connectivity index (χ1) is 16.5. The summed E-state index contributed by atoms with van der Waals surface area (Å²) in [5.41, 5.74) is 2.32. The lowest BCUT2D eigenvalue weighted by molar-refractivity contribution is -0.142. The Kier molecular flexibility index (Phi) is 8.09. The second-order valence-electron chi connectivity index (χ2n) is 9.43. The number of rotatable bonds is 7. The average Bonchev–Trinajstić information content (AvgIpc) is 2.87. The van der Waals surface area contributed by atoms with Gasteiger partial charge in [0, 0.05) is 44.9 Å². The van der Waals surface area contributed by atoms with Crippen LogP contribution < -0.4 is 9.47 Å². The van der Waals surface area contributed by atoms with Crippen molar-refractivity contribution in [3.8, 4) is 11.5 Å². The van der Waals surface area contributed by atoms with Crippen LogP contribution in [0.15, 0.2) is 48.5 Å². The first kappa shape index (κ1) is 24.1. The van der Waals surface area contributed by atoms with Crippen LogP contribution in [0.3, 0.4) is 0 Å². The van der Waals surface area contributed by atoms with Gasteiger partial charge in [-0.2, -0.15) is 0 Å². The van der Waals surface area contributed by atoms with E-state index in [4.69, 9.17) is 9.47 Å². The number of amides is 2. The maximum absolute atomic E-state index is 13.1. The van der Waals surface area contributed by atoms with Crippen molar-refractivity contribution >= 4 is 11.8 Å². The molecule has 0 unspecified atom stereocenters. The highest BCUT2D eigenvalue weighted by molar-refractivity contribution is 5.80. The molecule has 0 aromatic heterocycles. The molecule has 0 atom stereocenters.